The van der Waals surface area contributed by atoms with Crippen LogP contribution in [0.3, 0.4) is 0 Å². The van der Waals surface area contributed by atoms with Crippen molar-refractivity contribution in [3.63, 3.8) is 0 Å². The zero-order chi connectivity index (χ0) is 13.0. The van der Waals surface area contributed by atoms with E-state index < -0.39 is 17.9 Å². The number of nitrogens with one attached hydrogen (secondary N) is 1. The number of carbonyl (C=O) groups is 2. The Hall–Kier alpha value is -0.880. The van der Waals surface area contributed by atoms with Crippen molar-refractivity contribution in [1.29, 1.82) is 0 Å². The standard InChI is InChI=1S/C11H11Br2NO3/c1-2-9(11(16)17)14-10(15)6-3-7(12)5-8(13)4-6/h3-5,9H,2H2,1H3,(H,14,15)(H,16,17). The van der Waals surface area contributed by atoms with Crippen LogP contribution in [0.15, 0.2) is 27.1 Å². The average Bonchev–Trinajstić information content (AvgIpc) is 2.23. The molecule has 1 aromatic rings. The zero-order valence-corrected chi connectivity index (χ0v) is 12.2. The van der Waals surface area contributed by atoms with Gasteiger partial charge in [0.2, 0.25) is 0 Å². The summed E-state index contributed by atoms with van der Waals surface area (Å²) in [4.78, 5) is 22.6. The first-order valence-electron chi connectivity index (χ1n) is 4.93. The fourth-order valence-electron chi connectivity index (χ4n) is 1.26. The average molecular weight is 365 g/mol. The quantitative estimate of drug-likeness (QED) is 0.863. The Kier molecular flexibility index (Phi) is 5.14. The number of rotatable bonds is 4. The third kappa shape index (κ3) is 4.12. The van der Waals surface area contributed by atoms with Crippen molar-refractivity contribution >= 4 is 43.7 Å². The van der Waals surface area contributed by atoms with Crippen LogP contribution in [0.25, 0.3) is 0 Å². The van der Waals surface area contributed by atoms with Crippen LogP contribution in [0.4, 0.5) is 0 Å². The maximum atomic E-state index is 11.8. The highest BCUT2D eigenvalue weighted by Gasteiger charge is 2.18. The third-order valence-corrected chi connectivity index (χ3v) is 3.05. The summed E-state index contributed by atoms with van der Waals surface area (Å²) in [5, 5.41) is 11.3. The Morgan fingerprint density at radius 1 is 1.29 bits per heavy atom. The third-order valence-electron chi connectivity index (χ3n) is 2.14. The lowest BCUT2D eigenvalue weighted by Gasteiger charge is -2.12. The summed E-state index contributed by atoms with van der Waals surface area (Å²) < 4.78 is 1.50. The number of hydrogen-bond acceptors (Lipinski definition) is 2. The number of benzene rings is 1. The van der Waals surface area contributed by atoms with E-state index in [1.165, 1.54) is 0 Å². The van der Waals surface area contributed by atoms with Crippen molar-refractivity contribution < 1.29 is 14.7 Å². The highest BCUT2D eigenvalue weighted by atomic mass is 79.9. The molecular formula is C11H11Br2NO3. The van der Waals surface area contributed by atoms with E-state index in [4.69, 9.17) is 5.11 Å². The SMILES string of the molecule is CCC(NC(=O)c1cc(Br)cc(Br)c1)C(=O)O. The largest absolute Gasteiger partial charge is 0.480 e. The first-order valence-corrected chi connectivity index (χ1v) is 6.52. The van der Waals surface area contributed by atoms with Gasteiger partial charge < -0.3 is 10.4 Å². The molecule has 0 bridgehead atoms. The van der Waals surface area contributed by atoms with Crippen LogP contribution in [-0.4, -0.2) is 23.0 Å². The summed E-state index contributed by atoms with van der Waals surface area (Å²) >= 11 is 6.53. The van der Waals surface area contributed by atoms with Gasteiger partial charge >= 0.3 is 5.97 Å². The second kappa shape index (κ2) is 6.16. The molecule has 4 nitrogen and oxygen atoms in total. The maximum absolute atomic E-state index is 11.8. The topological polar surface area (TPSA) is 66.4 Å². The van der Waals surface area contributed by atoms with Crippen LogP contribution in [0.1, 0.15) is 23.7 Å². The molecular weight excluding hydrogens is 354 g/mol. The van der Waals surface area contributed by atoms with Crippen LogP contribution in [0, 0.1) is 0 Å². The first-order chi connectivity index (χ1) is 7.93. The minimum atomic E-state index is -1.03. The molecule has 17 heavy (non-hydrogen) atoms. The summed E-state index contributed by atoms with van der Waals surface area (Å²) in [5.41, 5.74) is 0.408. The highest BCUT2D eigenvalue weighted by molar-refractivity contribution is 9.11. The van der Waals surface area contributed by atoms with E-state index in [9.17, 15) is 9.59 Å². The van der Waals surface area contributed by atoms with Crippen molar-refractivity contribution in [2.75, 3.05) is 0 Å². The normalized spacial score (nSPS) is 11.9. The molecule has 1 aromatic carbocycles. The minimum Gasteiger partial charge on any atom is -0.480 e. The Balaban J connectivity index is 2.86. The molecule has 1 atom stereocenters. The van der Waals surface area contributed by atoms with E-state index in [1.807, 2.05) is 0 Å². The number of carboxylic acids is 1. The van der Waals surface area contributed by atoms with Gasteiger partial charge in [-0.2, -0.15) is 0 Å². The molecule has 0 radical (unpaired) electrons. The van der Waals surface area contributed by atoms with Gasteiger partial charge in [0.1, 0.15) is 6.04 Å². The van der Waals surface area contributed by atoms with E-state index in [0.29, 0.717) is 12.0 Å². The van der Waals surface area contributed by atoms with Crippen LogP contribution in [0.2, 0.25) is 0 Å². The highest BCUT2D eigenvalue weighted by Crippen LogP contribution is 2.20. The van der Waals surface area contributed by atoms with E-state index in [-0.39, 0.29) is 0 Å². The predicted molar refractivity (Wildman–Crippen MR) is 71.0 cm³/mol. The molecule has 0 aliphatic rings. The number of carboxylic acid groups (broad SMARTS) is 1. The van der Waals surface area contributed by atoms with Crippen molar-refractivity contribution in [1.82, 2.24) is 5.32 Å². The Morgan fingerprint density at radius 2 is 1.82 bits per heavy atom. The summed E-state index contributed by atoms with van der Waals surface area (Å²) in [6.45, 7) is 1.70. The number of aliphatic carboxylic acids is 1. The molecule has 0 saturated heterocycles. The van der Waals surface area contributed by atoms with Crippen LogP contribution in [0.5, 0.6) is 0 Å². The van der Waals surface area contributed by atoms with Crippen molar-refractivity contribution in [3.05, 3.63) is 32.7 Å². The molecule has 0 fully saturated rings. The molecule has 0 heterocycles. The van der Waals surface area contributed by atoms with E-state index in [2.05, 4.69) is 37.2 Å². The predicted octanol–water partition coefficient (Wildman–Crippen LogP) is 2.80. The molecule has 92 valence electrons. The molecule has 0 spiro atoms. The Labute approximate surface area is 116 Å². The van der Waals surface area contributed by atoms with Crippen LogP contribution < -0.4 is 5.32 Å². The summed E-state index contributed by atoms with van der Waals surface area (Å²) in [7, 11) is 0. The lowest BCUT2D eigenvalue weighted by Crippen LogP contribution is -2.40. The van der Waals surface area contributed by atoms with E-state index in [1.54, 1.807) is 25.1 Å². The van der Waals surface area contributed by atoms with E-state index >= 15 is 0 Å². The Morgan fingerprint density at radius 3 is 2.24 bits per heavy atom. The number of hydrogen-bond donors (Lipinski definition) is 2. The number of amides is 1. The minimum absolute atomic E-state index is 0.343. The molecule has 0 aliphatic heterocycles. The molecule has 0 aliphatic carbocycles. The molecule has 1 unspecified atom stereocenters. The van der Waals surface area contributed by atoms with Crippen molar-refractivity contribution in [2.24, 2.45) is 0 Å². The van der Waals surface area contributed by atoms with Gasteiger partial charge in [0.05, 0.1) is 0 Å². The molecule has 0 aromatic heterocycles. The van der Waals surface area contributed by atoms with Crippen LogP contribution >= 0.6 is 31.9 Å². The summed E-state index contributed by atoms with van der Waals surface area (Å²) in [6, 6.07) is 4.20. The molecule has 0 saturated carbocycles. The van der Waals surface area contributed by atoms with Gasteiger partial charge in [-0.1, -0.05) is 38.8 Å². The number of halogens is 2. The van der Waals surface area contributed by atoms with Gasteiger partial charge in [0.15, 0.2) is 0 Å². The second-order valence-electron chi connectivity index (χ2n) is 3.43. The van der Waals surface area contributed by atoms with Gasteiger partial charge in [-0.15, -0.1) is 0 Å². The number of carbonyl (C=O) groups excluding carboxylic acids is 1. The molecule has 6 heteroatoms. The monoisotopic (exact) mass is 363 g/mol. The van der Waals surface area contributed by atoms with Crippen molar-refractivity contribution in [3.8, 4) is 0 Å². The van der Waals surface area contributed by atoms with Gasteiger partial charge in [-0.05, 0) is 24.6 Å². The van der Waals surface area contributed by atoms with Crippen molar-refractivity contribution in [2.45, 2.75) is 19.4 Å². The lowest BCUT2D eigenvalue weighted by molar-refractivity contribution is -0.139. The molecule has 1 rings (SSSR count). The molecule has 1 amide bonds. The fraction of sp³-hybridized carbons (Fsp3) is 0.273. The van der Waals surface area contributed by atoms with Gasteiger partial charge in [-0.3, -0.25) is 4.79 Å². The second-order valence-corrected chi connectivity index (χ2v) is 5.26. The van der Waals surface area contributed by atoms with Crippen LogP contribution in [-0.2, 0) is 4.79 Å². The Bertz CT molecular complexity index is 428. The first kappa shape index (κ1) is 14.2. The lowest BCUT2D eigenvalue weighted by atomic mass is 10.1. The fourth-order valence-corrected chi connectivity index (χ4v) is 2.56. The molecule has 2 N–H and O–H groups in total. The summed E-state index contributed by atoms with van der Waals surface area (Å²) in [5.74, 6) is -1.43. The van der Waals surface area contributed by atoms with E-state index in [0.717, 1.165) is 8.95 Å². The van der Waals surface area contributed by atoms with Gasteiger partial charge in [0, 0.05) is 14.5 Å². The zero-order valence-electron chi connectivity index (χ0n) is 9.04. The summed E-state index contributed by atoms with van der Waals surface area (Å²) in [6.07, 6.45) is 0.343. The van der Waals surface area contributed by atoms with Gasteiger partial charge in [0.25, 0.3) is 5.91 Å². The smallest absolute Gasteiger partial charge is 0.326 e. The van der Waals surface area contributed by atoms with Gasteiger partial charge in [-0.25, -0.2) is 4.79 Å². The maximum Gasteiger partial charge on any atom is 0.326 e.